The van der Waals surface area contributed by atoms with E-state index < -0.39 is 9.76 Å². The molecule has 6 heteroatoms. The SMILES string of the molecule is CC(C)(C)[SiH2]OC(C)(C)[C@H]1[C@H]2CC(=O)O[C@H]2C[C@H]1OC1CCCCO1. The van der Waals surface area contributed by atoms with Crippen LogP contribution in [0.15, 0.2) is 0 Å². The van der Waals surface area contributed by atoms with Gasteiger partial charge in [0, 0.05) is 24.9 Å². The van der Waals surface area contributed by atoms with Crippen LogP contribution in [0.2, 0.25) is 5.04 Å². The van der Waals surface area contributed by atoms with Crippen molar-refractivity contribution >= 4 is 15.7 Å². The van der Waals surface area contributed by atoms with Crippen molar-refractivity contribution in [2.24, 2.45) is 11.8 Å². The molecular weight excluding hydrogens is 336 g/mol. The summed E-state index contributed by atoms with van der Waals surface area (Å²) in [5.41, 5.74) is -0.313. The van der Waals surface area contributed by atoms with Gasteiger partial charge in [-0.3, -0.25) is 4.79 Å². The van der Waals surface area contributed by atoms with Crippen molar-refractivity contribution in [2.75, 3.05) is 6.61 Å². The summed E-state index contributed by atoms with van der Waals surface area (Å²) in [6.07, 6.45) is 4.38. The summed E-state index contributed by atoms with van der Waals surface area (Å²) in [5.74, 6) is 0.297. The Labute approximate surface area is 154 Å². The minimum absolute atomic E-state index is 0.0229. The summed E-state index contributed by atoms with van der Waals surface area (Å²) >= 11 is 0. The highest BCUT2D eigenvalue weighted by molar-refractivity contribution is 6.31. The van der Waals surface area contributed by atoms with Crippen LogP contribution >= 0.6 is 0 Å². The molecule has 0 radical (unpaired) electrons. The Balaban J connectivity index is 1.73. The summed E-state index contributed by atoms with van der Waals surface area (Å²) in [5, 5.41) is 0.236. The van der Waals surface area contributed by atoms with Gasteiger partial charge < -0.3 is 18.6 Å². The Morgan fingerprint density at radius 2 is 1.92 bits per heavy atom. The lowest BCUT2D eigenvalue weighted by molar-refractivity contribution is -0.207. The van der Waals surface area contributed by atoms with E-state index >= 15 is 0 Å². The van der Waals surface area contributed by atoms with E-state index in [1.54, 1.807) is 0 Å². The van der Waals surface area contributed by atoms with Crippen molar-refractivity contribution in [1.29, 1.82) is 0 Å². The first-order valence-electron chi connectivity index (χ1n) is 9.76. The highest BCUT2D eigenvalue weighted by Crippen LogP contribution is 2.49. The van der Waals surface area contributed by atoms with Crippen LogP contribution in [-0.2, 0) is 23.4 Å². The minimum Gasteiger partial charge on any atom is -0.462 e. The fourth-order valence-corrected chi connectivity index (χ4v) is 5.47. The molecule has 0 spiro atoms. The molecule has 2 saturated heterocycles. The Bertz CT molecular complexity index is 481. The van der Waals surface area contributed by atoms with Crippen LogP contribution < -0.4 is 0 Å². The number of esters is 1. The molecule has 0 aromatic rings. The summed E-state index contributed by atoms with van der Waals surface area (Å²) in [6.45, 7) is 11.8. The zero-order chi connectivity index (χ0) is 18.2. The first kappa shape index (κ1) is 19.3. The fourth-order valence-electron chi connectivity index (χ4n) is 4.48. The average molecular weight is 371 g/mol. The lowest BCUT2D eigenvalue weighted by Crippen LogP contribution is -2.46. The molecule has 3 fully saturated rings. The van der Waals surface area contributed by atoms with Crippen molar-refractivity contribution in [3.63, 3.8) is 0 Å². The summed E-state index contributed by atoms with van der Waals surface area (Å²) in [6, 6.07) is 0. The minimum atomic E-state index is -0.694. The van der Waals surface area contributed by atoms with E-state index in [0.717, 1.165) is 32.3 Å². The number of carbonyl (C=O) groups excluding carboxylic acids is 1. The van der Waals surface area contributed by atoms with Gasteiger partial charge in [0.15, 0.2) is 16.1 Å². The standard InChI is InChI=1S/C19H34O5Si/c1-18(2,3)25-24-19(4,5)17-12-10-15(20)22-13(12)11-14(17)23-16-8-6-7-9-21-16/h12-14,16-17H,6-11,25H2,1-5H3/t12-,13-,14+,16?,17-/m0/s1. The third kappa shape index (κ3) is 4.65. The summed E-state index contributed by atoms with van der Waals surface area (Å²) in [4.78, 5) is 11.8. The Morgan fingerprint density at radius 3 is 2.56 bits per heavy atom. The number of fused-ring (bicyclic) bond motifs is 1. The second kappa shape index (κ2) is 7.29. The van der Waals surface area contributed by atoms with Gasteiger partial charge in [-0.05, 0) is 38.1 Å². The van der Waals surface area contributed by atoms with Crippen molar-refractivity contribution < 1.29 is 23.4 Å². The second-order valence-electron chi connectivity index (χ2n) is 9.58. The predicted octanol–water partition coefficient (Wildman–Crippen LogP) is 2.95. The number of rotatable bonds is 5. The van der Waals surface area contributed by atoms with E-state index in [9.17, 15) is 4.79 Å². The molecule has 1 unspecified atom stereocenters. The number of hydrogen-bond acceptors (Lipinski definition) is 5. The second-order valence-corrected chi connectivity index (χ2v) is 12.3. The molecule has 1 aliphatic carbocycles. The lowest BCUT2D eigenvalue weighted by Gasteiger charge is -2.41. The molecule has 3 rings (SSSR count). The zero-order valence-corrected chi connectivity index (χ0v) is 17.8. The van der Waals surface area contributed by atoms with Crippen LogP contribution in [0.1, 0.15) is 66.7 Å². The quantitative estimate of drug-likeness (QED) is 0.550. The maximum Gasteiger partial charge on any atom is 0.306 e. The summed E-state index contributed by atoms with van der Waals surface area (Å²) < 4.78 is 24.2. The predicted molar refractivity (Wildman–Crippen MR) is 98.0 cm³/mol. The van der Waals surface area contributed by atoms with Crippen molar-refractivity contribution in [3.05, 3.63) is 0 Å². The Morgan fingerprint density at radius 1 is 1.16 bits per heavy atom. The molecular formula is C19H34O5Si. The number of carbonyl (C=O) groups is 1. The molecule has 144 valence electrons. The average Bonchev–Trinajstić information content (AvgIpc) is 3.01. The van der Waals surface area contributed by atoms with Gasteiger partial charge in [0.2, 0.25) is 0 Å². The smallest absolute Gasteiger partial charge is 0.306 e. The van der Waals surface area contributed by atoms with E-state index in [1.165, 1.54) is 0 Å². The molecule has 2 heterocycles. The fraction of sp³-hybridized carbons (Fsp3) is 0.947. The van der Waals surface area contributed by atoms with E-state index in [-0.39, 0.29) is 46.9 Å². The Kier molecular flexibility index (Phi) is 5.64. The molecule has 5 nitrogen and oxygen atoms in total. The first-order valence-corrected chi connectivity index (χ1v) is 11.0. The van der Waals surface area contributed by atoms with E-state index in [1.807, 2.05) is 0 Å². The summed E-state index contributed by atoms with van der Waals surface area (Å²) in [7, 11) is -0.694. The van der Waals surface area contributed by atoms with Gasteiger partial charge in [-0.2, -0.15) is 0 Å². The molecule has 0 N–H and O–H groups in total. The largest absolute Gasteiger partial charge is 0.462 e. The third-order valence-electron chi connectivity index (χ3n) is 5.63. The van der Waals surface area contributed by atoms with Gasteiger partial charge in [-0.25, -0.2) is 0 Å². The number of ether oxygens (including phenoxy) is 3. The van der Waals surface area contributed by atoms with Gasteiger partial charge in [-0.1, -0.05) is 20.8 Å². The third-order valence-corrected chi connectivity index (χ3v) is 7.39. The zero-order valence-electron chi connectivity index (χ0n) is 16.4. The molecule has 3 aliphatic rings. The van der Waals surface area contributed by atoms with Crippen LogP contribution in [0, 0.1) is 11.8 Å². The van der Waals surface area contributed by atoms with Crippen LogP contribution in [0.25, 0.3) is 0 Å². The maximum absolute atomic E-state index is 11.8. The molecule has 2 aliphatic heterocycles. The van der Waals surface area contributed by atoms with Gasteiger partial charge in [0.1, 0.15) is 6.10 Å². The van der Waals surface area contributed by atoms with E-state index in [4.69, 9.17) is 18.6 Å². The van der Waals surface area contributed by atoms with E-state index in [0.29, 0.717) is 6.42 Å². The molecule has 1 saturated carbocycles. The van der Waals surface area contributed by atoms with Gasteiger partial charge in [0.05, 0.1) is 18.1 Å². The normalized spacial score (nSPS) is 36.8. The van der Waals surface area contributed by atoms with Crippen molar-refractivity contribution in [3.8, 4) is 0 Å². The monoisotopic (exact) mass is 370 g/mol. The van der Waals surface area contributed by atoms with Gasteiger partial charge >= 0.3 is 5.97 Å². The lowest BCUT2D eigenvalue weighted by atomic mass is 9.80. The highest BCUT2D eigenvalue weighted by atomic mass is 28.2. The number of hydrogen-bond donors (Lipinski definition) is 0. The molecule has 0 bridgehead atoms. The Hall–Kier alpha value is -0.433. The van der Waals surface area contributed by atoms with Gasteiger partial charge in [-0.15, -0.1) is 0 Å². The van der Waals surface area contributed by atoms with Crippen molar-refractivity contribution in [2.45, 2.75) is 95.9 Å². The first-order chi connectivity index (χ1) is 11.7. The van der Waals surface area contributed by atoms with Crippen LogP contribution in [-0.4, -0.2) is 46.4 Å². The molecule has 0 aromatic heterocycles. The molecule has 0 aromatic carbocycles. The van der Waals surface area contributed by atoms with E-state index in [2.05, 4.69) is 34.6 Å². The molecule has 0 amide bonds. The topological polar surface area (TPSA) is 54.0 Å². The van der Waals surface area contributed by atoms with Crippen molar-refractivity contribution in [1.82, 2.24) is 0 Å². The molecule has 25 heavy (non-hydrogen) atoms. The van der Waals surface area contributed by atoms with Crippen LogP contribution in [0.4, 0.5) is 0 Å². The van der Waals surface area contributed by atoms with Crippen LogP contribution in [0.5, 0.6) is 0 Å². The van der Waals surface area contributed by atoms with Crippen LogP contribution in [0.3, 0.4) is 0 Å². The van der Waals surface area contributed by atoms with Gasteiger partial charge in [0.25, 0.3) is 0 Å². The molecule has 5 atom stereocenters. The highest BCUT2D eigenvalue weighted by Gasteiger charge is 2.56. The maximum atomic E-state index is 11.8.